The van der Waals surface area contributed by atoms with Crippen LogP contribution in [0.2, 0.25) is 0 Å². The van der Waals surface area contributed by atoms with Gasteiger partial charge in [0.1, 0.15) is 6.61 Å². The molecule has 1 aliphatic heterocycles. The third kappa shape index (κ3) is 5.89. The first-order valence-electron chi connectivity index (χ1n) is 10.6. The molecular formula is C26H28N2O3S. The summed E-state index contributed by atoms with van der Waals surface area (Å²) >= 11 is 1.45. The Morgan fingerprint density at radius 2 is 2.03 bits per heavy atom. The number of hydrogen-bond donors (Lipinski definition) is 2. The second-order valence-electron chi connectivity index (χ2n) is 7.10. The lowest BCUT2D eigenvalue weighted by Crippen LogP contribution is -2.30. The van der Waals surface area contributed by atoms with E-state index in [1.54, 1.807) is 6.08 Å². The minimum absolute atomic E-state index is 0.117. The minimum Gasteiger partial charge on any atom is -0.490 e. The lowest BCUT2D eigenvalue weighted by atomic mass is 10.0. The van der Waals surface area contributed by atoms with Crippen LogP contribution in [0.15, 0.2) is 54.0 Å². The molecule has 1 aliphatic rings. The number of nitrogens with one attached hydrogen (secondary N) is 2. The second kappa shape index (κ2) is 11.4. The second-order valence-corrected chi connectivity index (χ2v) is 8.25. The molecule has 3 rings (SSSR count). The predicted molar refractivity (Wildman–Crippen MR) is 133 cm³/mol. The van der Waals surface area contributed by atoms with E-state index in [0.717, 1.165) is 23.2 Å². The van der Waals surface area contributed by atoms with Crippen LogP contribution in [0.4, 0.5) is 5.69 Å². The van der Waals surface area contributed by atoms with Crippen LogP contribution < -0.4 is 20.1 Å². The quantitative estimate of drug-likeness (QED) is 0.305. The molecule has 2 aromatic carbocycles. The average Bonchev–Trinajstić information content (AvgIpc) is 3.12. The van der Waals surface area contributed by atoms with Crippen LogP contribution in [0.1, 0.15) is 30.5 Å². The lowest BCUT2D eigenvalue weighted by molar-refractivity contribution is -0.116. The molecule has 1 fully saturated rings. The number of anilines is 1. The molecule has 5 nitrogen and oxygen atoms in total. The predicted octanol–water partition coefficient (Wildman–Crippen LogP) is 4.99. The van der Waals surface area contributed by atoms with E-state index in [0.29, 0.717) is 29.4 Å². The minimum atomic E-state index is -0.238. The maximum atomic E-state index is 12.6. The number of ether oxygens (including phenoxy) is 2. The molecule has 1 heterocycles. The zero-order valence-electron chi connectivity index (χ0n) is 18.4. The van der Waals surface area contributed by atoms with Gasteiger partial charge in [-0.05, 0) is 61.2 Å². The van der Waals surface area contributed by atoms with Gasteiger partial charge in [0.25, 0.3) is 5.91 Å². The van der Waals surface area contributed by atoms with E-state index in [4.69, 9.17) is 15.9 Å². The summed E-state index contributed by atoms with van der Waals surface area (Å²) in [6, 6.07) is 12.1. The fourth-order valence-corrected chi connectivity index (χ4v) is 4.30. The van der Waals surface area contributed by atoms with Crippen LogP contribution in [0.5, 0.6) is 11.5 Å². The third-order valence-corrected chi connectivity index (χ3v) is 5.84. The molecule has 0 aliphatic carbocycles. The van der Waals surface area contributed by atoms with Crippen LogP contribution in [0, 0.1) is 12.3 Å². The standard InChI is InChI=1S/C26H28N2O3S/c1-5-9-20-15-19(16-22(30-8-4)24(20)31-14-6-2)17-23-25(29)28-26(32-23)27-21-12-10-18(7-3)11-13-21/h2,5,10-13,15-17,26-27H,1,7-9,14H2,3-4H3,(H,28,29)/b23-17-/t26-/m0/s1. The van der Waals surface area contributed by atoms with Gasteiger partial charge in [-0.2, -0.15) is 0 Å². The number of allylic oxidation sites excluding steroid dienone is 1. The van der Waals surface area contributed by atoms with E-state index in [9.17, 15) is 4.79 Å². The Kier molecular flexibility index (Phi) is 8.29. The molecule has 0 spiro atoms. The number of thioether (sulfide) groups is 1. The zero-order valence-corrected chi connectivity index (χ0v) is 19.3. The van der Waals surface area contributed by atoms with Gasteiger partial charge in [-0.1, -0.05) is 42.8 Å². The Bertz CT molecular complexity index is 1040. The van der Waals surface area contributed by atoms with Crippen molar-refractivity contribution in [3.05, 3.63) is 70.6 Å². The highest BCUT2D eigenvalue weighted by atomic mass is 32.2. The van der Waals surface area contributed by atoms with Crippen LogP contribution in [0.25, 0.3) is 6.08 Å². The summed E-state index contributed by atoms with van der Waals surface area (Å²) in [5, 5.41) is 6.32. The molecule has 32 heavy (non-hydrogen) atoms. The number of carbonyl (C=O) groups excluding carboxylic acids is 1. The summed E-state index contributed by atoms with van der Waals surface area (Å²) < 4.78 is 11.5. The summed E-state index contributed by atoms with van der Waals surface area (Å²) in [6.45, 7) is 8.49. The maximum absolute atomic E-state index is 12.6. The Labute approximate surface area is 194 Å². The molecule has 0 unspecified atom stereocenters. The normalized spacial score (nSPS) is 16.3. The van der Waals surface area contributed by atoms with Crippen molar-refractivity contribution in [1.29, 1.82) is 0 Å². The Balaban J connectivity index is 1.83. The molecule has 1 saturated heterocycles. The SMILES string of the molecule is C#CCOc1c(CC=C)cc(/C=C2\S[C@@H](Nc3ccc(CC)cc3)NC2=O)cc1OCC. The van der Waals surface area contributed by atoms with Crippen LogP contribution in [0.3, 0.4) is 0 Å². The van der Waals surface area contributed by atoms with Gasteiger partial charge in [0.05, 0.1) is 11.5 Å². The highest BCUT2D eigenvalue weighted by Crippen LogP contribution is 2.36. The Morgan fingerprint density at radius 3 is 2.69 bits per heavy atom. The third-order valence-electron chi connectivity index (χ3n) is 4.81. The molecule has 166 valence electrons. The molecule has 0 bridgehead atoms. The van der Waals surface area contributed by atoms with Gasteiger partial charge in [0.15, 0.2) is 17.0 Å². The average molecular weight is 449 g/mol. The summed E-state index contributed by atoms with van der Waals surface area (Å²) in [4.78, 5) is 13.2. The van der Waals surface area contributed by atoms with Gasteiger partial charge >= 0.3 is 0 Å². The first-order chi connectivity index (χ1) is 15.6. The molecule has 1 atom stereocenters. The summed E-state index contributed by atoms with van der Waals surface area (Å²) in [7, 11) is 0. The summed E-state index contributed by atoms with van der Waals surface area (Å²) in [6.07, 6.45) is 10.6. The maximum Gasteiger partial charge on any atom is 0.260 e. The lowest BCUT2D eigenvalue weighted by Gasteiger charge is -2.15. The number of terminal acetylenes is 1. The molecule has 0 aromatic heterocycles. The van der Waals surface area contributed by atoms with Crippen molar-refractivity contribution >= 4 is 29.4 Å². The van der Waals surface area contributed by atoms with E-state index in [1.165, 1.54) is 17.3 Å². The van der Waals surface area contributed by atoms with Crippen LogP contribution >= 0.6 is 11.8 Å². The highest BCUT2D eigenvalue weighted by molar-refractivity contribution is 8.05. The van der Waals surface area contributed by atoms with Gasteiger partial charge in [-0.25, -0.2) is 0 Å². The van der Waals surface area contributed by atoms with Gasteiger partial charge in [0, 0.05) is 11.3 Å². The van der Waals surface area contributed by atoms with E-state index in [2.05, 4.69) is 42.2 Å². The zero-order chi connectivity index (χ0) is 22.9. The highest BCUT2D eigenvalue weighted by Gasteiger charge is 2.27. The van der Waals surface area contributed by atoms with Crippen molar-refractivity contribution in [3.8, 4) is 23.8 Å². The number of amides is 1. The van der Waals surface area contributed by atoms with E-state index in [1.807, 2.05) is 37.3 Å². The summed E-state index contributed by atoms with van der Waals surface area (Å²) in [5.74, 6) is 3.59. The van der Waals surface area contributed by atoms with Gasteiger partial charge < -0.3 is 20.1 Å². The van der Waals surface area contributed by atoms with Crippen LogP contribution in [-0.4, -0.2) is 24.6 Å². The smallest absolute Gasteiger partial charge is 0.260 e. The van der Waals surface area contributed by atoms with Crippen molar-refractivity contribution in [2.75, 3.05) is 18.5 Å². The van der Waals surface area contributed by atoms with E-state index < -0.39 is 0 Å². The Morgan fingerprint density at radius 1 is 1.25 bits per heavy atom. The van der Waals surface area contributed by atoms with Crippen LogP contribution in [-0.2, 0) is 17.6 Å². The Hall–Kier alpha value is -3.30. The number of hydrogen-bond acceptors (Lipinski definition) is 5. The monoisotopic (exact) mass is 448 g/mol. The van der Waals surface area contributed by atoms with Crippen molar-refractivity contribution in [1.82, 2.24) is 5.32 Å². The number of rotatable bonds is 10. The van der Waals surface area contributed by atoms with Crippen molar-refractivity contribution in [2.24, 2.45) is 0 Å². The fraction of sp³-hybridized carbons (Fsp3) is 0.269. The largest absolute Gasteiger partial charge is 0.490 e. The summed E-state index contributed by atoms with van der Waals surface area (Å²) in [5.41, 5.74) is 3.75. The molecule has 6 heteroatoms. The topological polar surface area (TPSA) is 59.6 Å². The first-order valence-corrected chi connectivity index (χ1v) is 11.5. The van der Waals surface area contributed by atoms with Crippen molar-refractivity contribution in [3.63, 3.8) is 0 Å². The molecule has 2 N–H and O–H groups in total. The van der Waals surface area contributed by atoms with Gasteiger partial charge in [0.2, 0.25) is 0 Å². The number of aryl methyl sites for hydroxylation is 1. The molecular weight excluding hydrogens is 420 g/mol. The molecule has 0 radical (unpaired) electrons. The van der Waals surface area contributed by atoms with E-state index in [-0.39, 0.29) is 18.0 Å². The van der Waals surface area contributed by atoms with Crippen molar-refractivity contribution in [2.45, 2.75) is 32.2 Å². The van der Waals surface area contributed by atoms with E-state index >= 15 is 0 Å². The number of benzene rings is 2. The fourth-order valence-electron chi connectivity index (χ4n) is 3.32. The molecule has 0 saturated carbocycles. The van der Waals surface area contributed by atoms with Crippen molar-refractivity contribution < 1.29 is 14.3 Å². The van der Waals surface area contributed by atoms with Gasteiger partial charge in [-0.3, -0.25) is 4.79 Å². The van der Waals surface area contributed by atoms with Gasteiger partial charge in [-0.15, -0.1) is 13.0 Å². The number of carbonyl (C=O) groups is 1. The molecule has 2 aromatic rings. The first kappa shape index (κ1) is 23.4. The molecule has 1 amide bonds.